The third-order valence-electron chi connectivity index (χ3n) is 3.66. The summed E-state index contributed by atoms with van der Waals surface area (Å²) < 4.78 is 2.84. The van der Waals surface area contributed by atoms with E-state index in [9.17, 15) is 0 Å². The highest BCUT2D eigenvalue weighted by atomic mass is 32.1. The minimum atomic E-state index is 0.544. The highest BCUT2D eigenvalue weighted by Gasteiger charge is 2.07. The quantitative estimate of drug-likeness (QED) is 0.647. The fourth-order valence-corrected chi connectivity index (χ4v) is 2.79. The highest BCUT2D eigenvalue weighted by Crippen LogP contribution is 2.22. The minimum absolute atomic E-state index is 0.544. The molecule has 0 aliphatic carbocycles. The zero-order chi connectivity index (χ0) is 14.3. The number of aromatic nitrogens is 2. The molecule has 3 heteroatoms. The molecule has 3 aromatic rings. The number of fused-ring (bicyclic) bond motifs is 1. The maximum Gasteiger partial charge on any atom is 0.182 e. The molecule has 0 spiro atoms. The van der Waals surface area contributed by atoms with Gasteiger partial charge in [0.05, 0.1) is 11.0 Å². The lowest BCUT2D eigenvalue weighted by Crippen LogP contribution is -1.95. The molecule has 0 radical (unpaired) electrons. The molecule has 2 nitrogen and oxygen atoms in total. The minimum Gasteiger partial charge on any atom is -0.330 e. The van der Waals surface area contributed by atoms with E-state index < -0.39 is 0 Å². The normalized spacial score (nSPS) is 11.4. The summed E-state index contributed by atoms with van der Waals surface area (Å²) in [6, 6.07) is 15.0. The number of imidazole rings is 1. The standard InChI is InChI=1S/C17H18N2S/c1-11(2)13-5-7-14(8-6-13)19-16-10-12(3)4-9-15(16)18-17(19)20/h4-11H,1-3H3,(H,18,20). The van der Waals surface area contributed by atoms with Crippen LogP contribution in [0, 0.1) is 11.7 Å². The smallest absolute Gasteiger partial charge is 0.182 e. The Morgan fingerprint density at radius 2 is 1.75 bits per heavy atom. The Morgan fingerprint density at radius 1 is 1.05 bits per heavy atom. The van der Waals surface area contributed by atoms with E-state index in [0.717, 1.165) is 21.5 Å². The van der Waals surface area contributed by atoms with Crippen molar-refractivity contribution < 1.29 is 0 Å². The largest absolute Gasteiger partial charge is 0.330 e. The fourth-order valence-electron chi connectivity index (χ4n) is 2.48. The summed E-state index contributed by atoms with van der Waals surface area (Å²) in [6.45, 7) is 6.51. The van der Waals surface area contributed by atoms with Crippen LogP contribution >= 0.6 is 12.2 Å². The molecule has 0 bridgehead atoms. The van der Waals surface area contributed by atoms with E-state index in [0.29, 0.717) is 5.92 Å². The summed E-state index contributed by atoms with van der Waals surface area (Å²) in [7, 11) is 0. The number of rotatable bonds is 2. The highest BCUT2D eigenvalue weighted by molar-refractivity contribution is 7.71. The van der Waals surface area contributed by atoms with Gasteiger partial charge in [-0.25, -0.2) is 0 Å². The van der Waals surface area contributed by atoms with Crippen molar-refractivity contribution in [1.82, 2.24) is 9.55 Å². The van der Waals surface area contributed by atoms with E-state index in [-0.39, 0.29) is 0 Å². The van der Waals surface area contributed by atoms with Crippen LogP contribution in [0.3, 0.4) is 0 Å². The second-order valence-corrected chi connectivity index (χ2v) is 5.92. The third-order valence-corrected chi connectivity index (χ3v) is 3.94. The molecule has 0 saturated heterocycles. The molecular formula is C17H18N2S. The molecule has 102 valence electrons. The lowest BCUT2D eigenvalue weighted by Gasteiger charge is -2.08. The van der Waals surface area contributed by atoms with Crippen molar-refractivity contribution >= 4 is 23.3 Å². The van der Waals surface area contributed by atoms with E-state index >= 15 is 0 Å². The van der Waals surface area contributed by atoms with Gasteiger partial charge in [0.2, 0.25) is 0 Å². The Hall–Kier alpha value is -1.87. The summed E-state index contributed by atoms with van der Waals surface area (Å²) in [5, 5.41) is 0. The van der Waals surface area contributed by atoms with Crippen LogP contribution in [0.1, 0.15) is 30.9 Å². The summed E-state index contributed by atoms with van der Waals surface area (Å²) in [5.74, 6) is 0.544. The van der Waals surface area contributed by atoms with Gasteiger partial charge in [-0.15, -0.1) is 0 Å². The molecule has 0 fully saturated rings. The summed E-state index contributed by atoms with van der Waals surface area (Å²) in [6.07, 6.45) is 0. The molecule has 1 heterocycles. The molecule has 1 aromatic heterocycles. The number of nitrogens with one attached hydrogen (secondary N) is 1. The van der Waals surface area contributed by atoms with Crippen LogP contribution in [0.4, 0.5) is 0 Å². The van der Waals surface area contributed by atoms with Crippen LogP contribution in [-0.4, -0.2) is 9.55 Å². The third kappa shape index (κ3) is 2.18. The first-order valence-corrected chi connectivity index (χ1v) is 7.29. The van der Waals surface area contributed by atoms with Crippen LogP contribution < -0.4 is 0 Å². The van der Waals surface area contributed by atoms with E-state index in [1.165, 1.54) is 11.1 Å². The van der Waals surface area contributed by atoms with Crippen molar-refractivity contribution in [3.8, 4) is 5.69 Å². The topological polar surface area (TPSA) is 20.7 Å². The number of H-pyrrole nitrogens is 1. The average molecular weight is 282 g/mol. The number of benzene rings is 2. The SMILES string of the molecule is Cc1ccc2[nH]c(=S)n(-c3ccc(C(C)C)cc3)c2c1. The van der Waals surface area contributed by atoms with Gasteiger partial charge in [-0.2, -0.15) is 0 Å². The number of hydrogen-bond donors (Lipinski definition) is 1. The zero-order valence-corrected chi connectivity index (χ0v) is 12.8. The van der Waals surface area contributed by atoms with Crippen molar-refractivity contribution in [2.75, 3.05) is 0 Å². The van der Waals surface area contributed by atoms with Crippen molar-refractivity contribution in [3.63, 3.8) is 0 Å². The van der Waals surface area contributed by atoms with Crippen molar-refractivity contribution in [2.45, 2.75) is 26.7 Å². The van der Waals surface area contributed by atoms with Crippen LogP contribution in [-0.2, 0) is 0 Å². The summed E-state index contributed by atoms with van der Waals surface area (Å²) >= 11 is 5.47. The first kappa shape index (κ1) is 13.1. The fraction of sp³-hybridized carbons (Fsp3) is 0.235. The van der Waals surface area contributed by atoms with Crippen LogP contribution in [0.2, 0.25) is 0 Å². The number of aryl methyl sites for hydroxylation is 1. The molecule has 0 aliphatic heterocycles. The van der Waals surface area contributed by atoms with E-state index in [1.54, 1.807) is 0 Å². The number of hydrogen-bond acceptors (Lipinski definition) is 1. The first-order chi connectivity index (χ1) is 9.56. The second-order valence-electron chi connectivity index (χ2n) is 5.53. The number of nitrogens with zero attached hydrogens (tertiary/aromatic N) is 1. The van der Waals surface area contributed by atoms with E-state index in [1.807, 2.05) is 0 Å². The van der Waals surface area contributed by atoms with Crippen molar-refractivity contribution in [2.24, 2.45) is 0 Å². The van der Waals surface area contributed by atoms with Crippen LogP contribution in [0.15, 0.2) is 42.5 Å². The Balaban J connectivity index is 2.21. The molecule has 2 aromatic carbocycles. The lowest BCUT2D eigenvalue weighted by molar-refractivity contribution is 0.865. The Kier molecular flexibility index (Phi) is 3.22. The summed E-state index contributed by atoms with van der Waals surface area (Å²) in [4.78, 5) is 3.27. The zero-order valence-electron chi connectivity index (χ0n) is 12.0. The van der Waals surface area contributed by atoms with Gasteiger partial charge >= 0.3 is 0 Å². The summed E-state index contributed by atoms with van der Waals surface area (Å²) in [5.41, 5.74) is 5.90. The Labute approximate surface area is 124 Å². The molecule has 3 rings (SSSR count). The maximum absolute atomic E-state index is 5.47. The second kappa shape index (κ2) is 4.91. The van der Waals surface area contributed by atoms with Crippen molar-refractivity contribution in [3.05, 3.63) is 58.4 Å². The van der Waals surface area contributed by atoms with Gasteiger partial charge in [0.25, 0.3) is 0 Å². The van der Waals surface area contributed by atoms with Crippen LogP contribution in [0.5, 0.6) is 0 Å². The van der Waals surface area contributed by atoms with E-state index in [2.05, 4.69) is 72.8 Å². The van der Waals surface area contributed by atoms with Crippen LogP contribution in [0.25, 0.3) is 16.7 Å². The van der Waals surface area contributed by atoms with Gasteiger partial charge in [-0.05, 0) is 60.5 Å². The van der Waals surface area contributed by atoms with E-state index in [4.69, 9.17) is 12.2 Å². The molecule has 0 amide bonds. The molecule has 20 heavy (non-hydrogen) atoms. The van der Waals surface area contributed by atoms with Gasteiger partial charge in [0.15, 0.2) is 4.77 Å². The van der Waals surface area contributed by atoms with Gasteiger partial charge in [-0.1, -0.05) is 32.0 Å². The van der Waals surface area contributed by atoms with Gasteiger partial charge in [0.1, 0.15) is 0 Å². The molecule has 0 atom stereocenters. The van der Waals surface area contributed by atoms with Gasteiger partial charge in [-0.3, -0.25) is 4.57 Å². The predicted octanol–water partition coefficient (Wildman–Crippen LogP) is 5.12. The Bertz CT molecular complexity index is 807. The number of aromatic amines is 1. The predicted molar refractivity (Wildman–Crippen MR) is 87.3 cm³/mol. The maximum atomic E-state index is 5.47. The lowest BCUT2D eigenvalue weighted by atomic mass is 10.0. The molecule has 0 aliphatic rings. The van der Waals surface area contributed by atoms with Crippen molar-refractivity contribution in [1.29, 1.82) is 0 Å². The Morgan fingerprint density at radius 3 is 2.40 bits per heavy atom. The molecule has 1 N–H and O–H groups in total. The average Bonchev–Trinajstić information content (AvgIpc) is 2.74. The molecular weight excluding hydrogens is 264 g/mol. The van der Waals surface area contributed by atoms with Gasteiger partial charge < -0.3 is 4.98 Å². The molecule has 0 unspecified atom stereocenters. The monoisotopic (exact) mass is 282 g/mol. The van der Waals surface area contributed by atoms with Gasteiger partial charge in [0, 0.05) is 5.69 Å². The molecule has 0 saturated carbocycles. The first-order valence-electron chi connectivity index (χ1n) is 6.88.